The first-order chi connectivity index (χ1) is 21.5. The lowest BCUT2D eigenvalue weighted by Gasteiger charge is -2.16. The van der Waals surface area contributed by atoms with Crippen molar-refractivity contribution >= 4 is 5.97 Å². The van der Waals surface area contributed by atoms with Crippen molar-refractivity contribution in [1.82, 2.24) is 0 Å². The summed E-state index contributed by atoms with van der Waals surface area (Å²) in [6.45, 7) is 12.2. The van der Waals surface area contributed by atoms with Crippen LogP contribution in [-0.2, 0) is 9.53 Å². The Hall–Kier alpha value is -0.530. The van der Waals surface area contributed by atoms with E-state index >= 15 is 0 Å². The van der Waals surface area contributed by atoms with Gasteiger partial charge in [0.05, 0.1) is 12.5 Å². The minimum Gasteiger partial charge on any atom is -0.465 e. The Morgan fingerprint density at radius 3 is 1.00 bits per heavy atom. The fourth-order valence-corrected chi connectivity index (χ4v) is 6.62. The van der Waals surface area contributed by atoms with Gasteiger partial charge in [0.25, 0.3) is 0 Å². The molecule has 0 saturated heterocycles. The number of hydrogen-bond donors (Lipinski definition) is 0. The number of carbonyl (C=O) groups excluding carboxylic acids is 1. The monoisotopic (exact) mass is 621 g/mol. The molecule has 0 rings (SSSR count). The zero-order valence-corrected chi connectivity index (χ0v) is 31.4. The average Bonchev–Trinajstić information content (AvgIpc) is 2.99. The zero-order chi connectivity index (χ0) is 32.4. The van der Waals surface area contributed by atoms with Gasteiger partial charge >= 0.3 is 5.97 Å². The Bertz CT molecular complexity index is 554. The number of unbranched alkanes of at least 4 members (excludes halogenated alkanes) is 25. The molecule has 0 aliphatic carbocycles. The summed E-state index contributed by atoms with van der Waals surface area (Å²) in [5.74, 6) is 1.90. The normalized spacial score (nSPS) is 12.4. The van der Waals surface area contributed by atoms with E-state index in [2.05, 4.69) is 34.6 Å². The molecule has 0 heterocycles. The van der Waals surface area contributed by atoms with Crippen molar-refractivity contribution in [3.63, 3.8) is 0 Å². The minimum atomic E-state index is 0.108. The molecule has 0 aliphatic rings. The van der Waals surface area contributed by atoms with Crippen molar-refractivity contribution in [3.8, 4) is 0 Å². The molecule has 0 aliphatic heterocycles. The average molecular weight is 621 g/mol. The molecule has 0 amide bonds. The number of hydrogen-bond acceptors (Lipinski definition) is 2. The van der Waals surface area contributed by atoms with Gasteiger partial charge in [-0.25, -0.2) is 0 Å². The molecule has 0 radical (unpaired) electrons. The molecule has 2 heteroatoms. The molecule has 1 atom stereocenters. The fourth-order valence-electron chi connectivity index (χ4n) is 6.62. The van der Waals surface area contributed by atoms with Crippen molar-refractivity contribution in [2.24, 2.45) is 17.8 Å². The predicted octanol–water partition coefficient (Wildman–Crippen LogP) is 15.0. The van der Waals surface area contributed by atoms with E-state index in [0.717, 1.165) is 31.1 Å². The Morgan fingerprint density at radius 1 is 0.386 bits per heavy atom. The van der Waals surface area contributed by atoms with Gasteiger partial charge in [-0.15, -0.1) is 0 Å². The van der Waals surface area contributed by atoms with Crippen molar-refractivity contribution in [3.05, 3.63) is 0 Å². The van der Waals surface area contributed by atoms with E-state index in [0.29, 0.717) is 6.61 Å². The molecule has 0 fully saturated rings. The SMILES string of the molecule is CCCCCCCCCCCCCCCCC(CCCCCC(C)C)C(=O)OCCCCCCCCCCCCCC(C)C. The quantitative estimate of drug-likeness (QED) is 0.0514. The standard InChI is InChI=1S/C42H84O2/c1-6-7-8-9-10-11-12-13-14-17-20-23-26-31-36-41(37-32-28-30-35-40(4)5)42(43)44-38-33-27-24-21-18-15-16-19-22-25-29-34-39(2)3/h39-41H,6-38H2,1-5H3. The largest absolute Gasteiger partial charge is 0.465 e. The van der Waals surface area contributed by atoms with E-state index in [-0.39, 0.29) is 11.9 Å². The minimum absolute atomic E-state index is 0.108. The molecule has 0 saturated carbocycles. The number of carbonyl (C=O) groups is 1. The van der Waals surface area contributed by atoms with Gasteiger partial charge < -0.3 is 4.74 Å². The first-order valence-electron chi connectivity index (χ1n) is 20.6. The van der Waals surface area contributed by atoms with E-state index in [9.17, 15) is 4.79 Å². The number of rotatable bonds is 36. The van der Waals surface area contributed by atoms with Crippen LogP contribution in [0.5, 0.6) is 0 Å². The third-order valence-corrected chi connectivity index (χ3v) is 9.74. The second-order valence-electron chi connectivity index (χ2n) is 15.4. The second-order valence-corrected chi connectivity index (χ2v) is 15.4. The molecule has 1 unspecified atom stereocenters. The van der Waals surface area contributed by atoms with E-state index in [4.69, 9.17) is 4.74 Å². The van der Waals surface area contributed by atoms with Crippen LogP contribution in [0.15, 0.2) is 0 Å². The topological polar surface area (TPSA) is 26.3 Å². The fraction of sp³-hybridized carbons (Fsp3) is 0.976. The Balaban J connectivity index is 3.90. The van der Waals surface area contributed by atoms with Gasteiger partial charge in [-0.1, -0.05) is 221 Å². The highest BCUT2D eigenvalue weighted by molar-refractivity contribution is 5.72. The molecule has 0 bridgehead atoms. The molecule has 0 aromatic carbocycles. The van der Waals surface area contributed by atoms with Crippen LogP contribution in [0, 0.1) is 17.8 Å². The highest BCUT2D eigenvalue weighted by Gasteiger charge is 2.19. The Labute approximate surface area is 279 Å². The smallest absolute Gasteiger partial charge is 0.308 e. The van der Waals surface area contributed by atoms with Crippen LogP contribution < -0.4 is 0 Å². The van der Waals surface area contributed by atoms with Crippen LogP contribution in [0.1, 0.15) is 240 Å². The third-order valence-electron chi connectivity index (χ3n) is 9.74. The summed E-state index contributed by atoms with van der Waals surface area (Å²) in [4.78, 5) is 13.0. The highest BCUT2D eigenvalue weighted by Crippen LogP contribution is 2.22. The number of esters is 1. The molecular formula is C42H84O2. The first-order valence-corrected chi connectivity index (χ1v) is 20.6. The van der Waals surface area contributed by atoms with Gasteiger partial charge in [-0.05, 0) is 31.1 Å². The maximum atomic E-state index is 13.0. The molecule has 2 nitrogen and oxygen atoms in total. The Kier molecular flexibility index (Phi) is 34.9. The van der Waals surface area contributed by atoms with E-state index < -0.39 is 0 Å². The van der Waals surface area contributed by atoms with Gasteiger partial charge in [0.1, 0.15) is 0 Å². The lowest BCUT2D eigenvalue weighted by Crippen LogP contribution is -2.18. The van der Waals surface area contributed by atoms with Crippen LogP contribution >= 0.6 is 0 Å². The summed E-state index contributed by atoms with van der Waals surface area (Å²) in [6.07, 6.45) is 42.7. The third kappa shape index (κ3) is 34.3. The van der Waals surface area contributed by atoms with Crippen LogP contribution in [0.25, 0.3) is 0 Å². The Morgan fingerprint density at radius 2 is 0.659 bits per heavy atom. The van der Waals surface area contributed by atoms with E-state index in [1.165, 1.54) is 186 Å². The van der Waals surface area contributed by atoms with Gasteiger partial charge in [-0.2, -0.15) is 0 Å². The van der Waals surface area contributed by atoms with Crippen molar-refractivity contribution in [2.45, 2.75) is 240 Å². The van der Waals surface area contributed by atoms with Gasteiger partial charge in [0.15, 0.2) is 0 Å². The van der Waals surface area contributed by atoms with Crippen molar-refractivity contribution < 1.29 is 9.53 Å². The first kappa shape index (κ1) is 43.5. The van der Waals surface area contributed by atoms with Crippen LogP contribution in [0.3, 0.4) is 0 Å². The summed E-state index contributed by atoms with van der Waals surface area (Å²) >= 11 is 0. The van der Waals surface area contributed by atoms with Gasteiger partial charge in [-0.3, -0.25) is 4.79 Å². The van der Waals surface area contributed by atoms with E-state index in [1.54, 1.807) is 0 Å². The molecule has 0 N–H and O–H groups in total. The maximum absolute atomic E-state index is 13.0. The molecular weight excluding hydrogens is 536 g/mol. The summed E-state index contributed by atoms with van der Waals surface area (Å²) in [5.41, 5.74) is 0. The van der Waals surface area contributed by atoms with Gasteiger partial charge in [0, 0.05) is 0 Å². The highest BCUT2D eigenvalue weighted by atomic mass is 16.5. The summed E-state index contributed by atoms with van der Waals surface area (Å²) in [7, 11) is 0. The lowest BCUT2D eigenvalue weighted by molar-refractivity contribution is -0.149. The summed E-state index contributed by atoms with van der Waals surface area (Å²) in [6, 6.07) is 0. The van der Waals surface area contributed by atoms with Crippen LogP contribution in [0.4, 0.5) is 0 Å². The molecule has 264 valence electrons. The van der Waals surface area contributed by atoms with Crippen LogP contribution in [-0.4, -0.2) is 12.6 Å². The zero-order valence-electron chi connectivity index (χ0n) is 31.4. The van der Waals surface area contributed by atoms with E-state index in [1.807, 2.05) is 0 Å². The molecule has 0 aromatic heterocycles. The molecule has 0 spiro atoms. The lowest BCUT2D eigenvalue weighted by atomic mass is 9.93. The predicted molar refractivity (Wildman–Crippen MR) is 198 cm³/mol. The number of ether oxygens (including phenoxy) is 1. The van der Waals surface area contributed by atoms with Crippen LogP contribution in [0.2, 0.25) is 0 Å². The molecule has 0 aromatic rings. The molecule has 44 heavy (non-hydrogen) atoms. The summed E-state index contributed by atoms with van der Waals surface area (Å²) < 4.78 is 5.84. The van der Waals surface area contributed by atoms with Crippen molar-refractivity contribution in [2.75, 3.05) is 6.61 Å². The van der Waals surface area contributed by atoms with Gasteiger partial charge in [0.2, 0.25) is 0 Å². The van der Waals surface area contributed by atoms with Crippen molar-refractivity contribution in [1.29, 1.82) is 0 Å². The maximum Gasteiger partial charge on any atom is 0.308 e. The second kappa shape index (κ2) is 35.3. The summed E-state index contributed by atoms with van der Waals surface area (Å²) in [5, 5.41) is 0.